The Morgan fingerprint density at radius 1 is 0.897 bits per heavy atom. The zero-order valence-electron chi connectivity index (χ0n) is 16.4. The highest BCUT2D eigenvalue weighted by Crippen LogP contribution is 2.30. The van der Waals surface area contributed by atoms with Crippen LogP contribution in [-0.4, -0.2) is 65.2 Å². The quantitative estimate of drug-likeness (QED) is 0.702. The molecule has 1 saturated heterocycles. The minimum atomic E-state index is -1.26. The van der Waals surface area contributed by atoms with Gasteiger partial charge in [-0.05, 0) is 30.8 Å². The second-order valence-electron chi connectivity index (χ2n) is 6.61. The smallest absolute Gasteiger partial charge is 0.328 e. The maximum atomic E-state index is 9.55. The van der Waals surface area contributed by atoms with Crippen LogP contribution < -0.4 is 0 Å². The van der Waals surface area contributed by atoms with Crippen LogP contribution in [0.4, 0.5) is 0 Å². The fraction of sp³-hybridized carbons (Fsp3) is 0.273. The van der Waals surface area contributed by atoms with Gasteiger partial charge in [0.05, 0.1) is 0 Å². The minimum Gasteiger partial charge on any atom is -0.478 e. The number of carboxylic acids is 2. The van der Waals surface area contributed by atoms with Crippen molar-refractivity contribution in [1.29, 1.82) is 0 Å². The third-order valence-corrected chi connectivity index (χ3v) is 5.43. The van der Waals surface area contributed by atoms with E-state index >= 15 is 0 Å². The normalized spacial score (nSPS) is 14.9. The average molecular weight is 415 g/mol. The van der Waals surface area contributed by atoms with Gasteiger partial charge in [-0.3, -0.25) is 4.90 Å². The summed E-state index contributed by atoms with van der Waals surface area (Å²) in [4.78, 5) is 26.8. The number of rotatable bonds is 6. The van der Waals surface area contributed by atoms with E-state index in [2.05, 4.69) is 71.4 Å². The Balaban J connectivity index is 0.000000321. The second kappa shape index (κ2) is 12.1. The Hall–Kier alpha value is -2.61. The Kier molecular flexibility index (Phi) is 9.43. The maximum absolute atomic E-state index is 9.55. The summed E-state index contributed by atoms with van der Waals surface area (Å²) in [6.45, 7) is 5.74. The number of hydrogen-bond donors (Lipinski definition) is 2. The molecule has 0 unspecified atom stereocenters. The predicted molar refractivity (Wildman–Crippen MR) is 114 cm³/mol. The molecule has 1 heterocycles. The Morgan fingerprint density at radius 2 is 1.45 bits per heavy atom. The summed E-state index contributed by atoms with van der Waals surface area (Å²) >= 11 is 1.87. The summed E-state index contributed by atoms with van der Waals surface area (Å²) in [5.41, 5.74) is 1.44. The number of benzene rings is 2. The van der Waals surface area contributed by atoms with E-state index in [0.29, 0.717) is 12.2 Å². The zero-order chi connectivity index (χ0) is 21.1. The van der Waals surface area contributed by atoms with Crippen molar-refractivity contribution < 1.29 is 19.8 Å². The molecule has 0 bridgehead atoms. The predicted octanol–water partition coefficient (Wildman–Crippen LogP) is 3.30. The topological polar surface area (TPSA) is 81.1 Å². The summed E-state index contributed by atoms with van der Waals surface area (Å²) < 4.78 is 0. The lowest BCUT2D eigenvalue weighted by molar-refractivity contribution is -0.134. The number of likely N-dealkylation sites (N-methyl/N-ethyl adjacent to an activating group) is 1. The molecule has 0 aromatic heterocycles. The van der Waals surface area contributed by atoms with Crippen molar-refractivity contribution in [1.82, 2.24) is 9.80 Å². The summed E-state index contributed by atoms with van der Waals surface area (Å²) in [5.74, 6) is -2.51. The molecule has 2 aromatic rings. The van der Waals surface area contributed by atoms with Crippen molar-refractivity contribution in [3.05, 3.63) is 72.3 Å². The number of hydrogen-bond acceptors (Lipinski definition) is 5. The molecule has 29 heavy (non-hydrogen) atoms. The largest absolute Gasteiger partial charge is 0.478 e. The molecule has 0 atom stereocenters. The number of aliphatic carboxylic acids is 2. The van der Waals surface area contributed by atoms with Gasteiger partial charge in [0.1, 0.15) is 0 Å². The molecule has 2 N–H and O–H groups in total. The first-order valence-corrected chi connectivity index (χ1v) is 10.1. The van der Waals surface area contributed by atoms with Gasteiger partial charge in [-0.2, -0.15) is 0 Å². The third kappa shape index (κ3) is 8.95. The van der Waals surface area contributed by atoms with E-state index in [1.54, 1.807) is 0 Å². The molecular weight excluding hydrogens is 388 g/mol. The van der Waals surface area contributed by atoms with Gasteiger partial charge < -0.3 is 15.1 Å². The molecule has 0 aliphatic carbocycles. The van der Waals surface area contributed by atoms with Crippen molar-refractivity contribution in [2.75, 3.05) is 33.2 Å². The van der Waals surface area contributed by atoms with E-state index in [4.69, 9.17) is 10.2 Å². The fourth-order valence-electron chi connectivity index (χ4n) is 2.74. The molecule has 1 fully saturated rings. The van der Waals surface area contributed by atoms with E-state index < -0.39 is 11.9 Å². The van der Waals surface area contributed by atoms with Gasteiger partial charge in [0.2, 0.25) is 0 Å². The monoisotopic (exact) mass is 414 g/mol. The number of carboxylic acid groups (broad SMARTS) is 2. The molecule has 0 amide bonds. The molecule has 1 aliphatic heterocycles. The van der Waals surface area contributed by atoms with E-state index in [1.165, 1.54) is 41.5 Å². The minimum absolute atomic E-state index is 0.558. The Morgan fingerprint density at radius 3 is 2.03 bits per heavy atom. The van der Waals surface area contributed by atoms with E-state index in [-0.39, 0.29) is 0 Å². The van der Waals surface area contributed by atoms with Crippen molar-refractivity contribution in [2.24, 2.45) is 0 Å². The van der Waals surface area contributed by atoms with Gasteiger partial charge in [-0.25, -0.2) is 9.59 Å². The molecule has 1 aliphatic rings. The van der Waals surface area contributed by atoms with Crippen molar-refractivity contribution >= 4 is 23.7 Å². The van der Waals surface area contributed by atoms with Crippen LogP contribution in [0.3, 0.4) is 0 Å². The summed E-state index contributed by atoms with van der Waals surface area (Å²) in [6, 6.07) is 19.4. The van der Waals surface area contributed by atoms with Crippen LogP contribution >= 0.6 is 11.8 Å². The molecule has 154 valence electrons. The highest BCUT2D eigenvalue weighted by molar-refractivity contribution is 7.99. The molecule has 0 radical (unpaired) electrons. The lowest BCUT2D eigenvalue weighted by atomic mass is 10.2. The molecule has 6 nitrogen and oxygen atoms in total. The van der Waals surface area contributed by atoms with Gasteiger partial charge >= 0.3 is 11.9 Å². The average Bonchev–Trinajstić information content (AvgIpc) is 2.71. The third-order valence-electron chi connectivity index (χ3n) is 4.30. The summed E-state index contributed by atoms with van der Waals surface area (Å²) in [6.07, 6.45) is 1.12. The first-order chi connectivity index (χ1) is 13.9. The number of carbonyl (C=O) groups is 2. The van der Waals surface area contributed by atoms with Crippen LogP contribution in [0.25, 0.3) is 0 Å². The fourth-order valence-corrected chi connectivity index (χ4v) is 3.70. The Bertz CT molecular complexity index is 803. The number of nitrogens with zero attached hydrogens (tertiary/aromatic N) is 2. The summed E-state index contributed by atoms with van der Waals surface area (Å²) in [5, 5.41) is 15.6. The lowest BCUT2D eigenvalue weighted by Gasteiger charge is -2.32. The van der Waals surface area contributed by atoms with Crippen LogP contribution in [0, 0.1) is 0 Å². The van der Waals surface area contributed by atoms with Crippen molar-refractivity contribution in [3.63, 3.8) is 0 Å². The molecule has 3 rings (SSSR count). The molecule has 0 spiro atoms. The van der Waals surface area contributed by atoms with Crippen LogP contribution in [0.5, 0.6) is 0 Å². The maximum Gasteiger partial charge on any atom is 0.328 e. The van der Waals surface area contributed by atoms with Crippen LogP contribution in [0.15, 0.2) is 76.5 Å². The van der Waals surface area contributed by atoms with Crippen LogP contribution in [0.2, 0.25) is 0 Å². The zero-order valence-corrected chi connectivity index (χ0v) is 17.2. The van der Waals surface area contributed by atoms with Gasteiger partial charge in [0.15, 0.2) is 0 Å². The standard InChI is InChI=1S/C18H22N2S.C4H4O4/c1-19-11-13-20(14-12-19)15-16-7-5-6-10-18(16)21-17-8-3-2-4-9-17;5-3(6)1-2-4(7)8/h2-10H,11-15H2,1H3;1-2H,(H,5,6)(H,7,8)/b;2-1-. The summed E-state index contributed by atoms with van der Waals surface area (Å²) in [7, 11) is 2.20. The van der Waals surface area contributed by atoms with E-state index in [0.717, 1.165) is 6.54 Å². The van der Waals surface area contributed by atoms with Gasteiger partial charge in [-0.15, -0.1) is 0 Å². The Labute approximate surface area is 175 Å². The highest BCUT2D eigenvalue weighted by atomic mass is 32.2. The van der Waals surface area contributed by atoms with E-state index in [1.807, 2.05) is 11.8 Å². The lowest BCUT2D eigenvalue weighted by Crippen LogP contribution is -2.43. The van der Waals surface area contributed by atoms with Gasteiger partial charge in [0.25, 0.3) is 0 Å². The van der Waals surface area contributed by atoms with Crippen LogP contribution in [0.1, 0.15) is 5.56 Å². The van der Waals surface area contributed by atoms with E-state index in [9.17, 15) is 9.59 Å². The highest BCUT2D eigenvalue weighted by Gasteiger charge is 2.15. The number of piperazine rings is 1. The first kappa shape index (κ1) is 22.7. The molecule has 0 saturated carbocycles. The SMILES string of the molecule is CN1CCN(Cc2ccccc2Sc2ccccc2)CC1.O=C(O)/C=C\C(=O)O. The van der Waals surface area contributed by atoms with Crippen molar-refractivity contribution in [2.45, 2.75) is 16.3 Å². The van der Waals surface area contributed by atoms with Gasteiger partial charge in [-0.1, -0.05) is 48.2 Å². The van der Waals surface area contributed by atoms with Crippen molar-refractivity contribution in [3.8, 4) is 0 Å². The first-order valence-electron chi connectivity index (χ1n) is 9.29. The van der Waals surface area contributed by atoms with Gasteiger partial charge in [0, 0.05) is 54.7 Å². The molecule has 7 heteroatoms. The van der Waals surface area contributed by atoms with Crippen LogP contribution in [-0.2, 0) is 16.1 Å². The second-order valence-corrected chi connectivity index (χ2v) is 7.73. The molecular formula is C22H26N2O4S. The molecule has 2 aromatic carbocycles.